The van der Waals surface area contributed by atoms with E-state index >= 15 is 0 Å². The molecule has 3 aliphatic rings. The van der Waals surface area contributed by atoms with Crippen LogP contribution in [-0.2, 0) is 10.3 Å². The molecule has 2 aliphatic heterocycles. The van der Waals surface area contributed by atoms with Crippen molar-refractivity contribution in [3.8, 4) is 16.9 Å². The lowest BCUT2D eigenvalue weighted by Gasteiger charge is -2.37. The summed E-state index contributed by atoms with van der Waals surface area (Å²) in [4.78, 5) is 27.7. The first-order valence-electron chi connectivity index (χ1n) is 14.9. The van der Waals surface area contributed by atoms with Crippen molar-refractivity contribution in [1.82, 2.24) is 20.2 Å². The van der Waals surface area contributed by atoms with Crippen LogP contribution in [0, 0.1) is 6.92 Å². The van der Waals surface area contributed by atoms with Crippen LogP contribution in [0.3, 0.4) is 0 Å². The number of hydrogen-bond acceptors (Lipinski definition) is 7. The average Bonchev–Trinajstić information content (AvgIpc) is 3.81. The molecule has 1 atom stereocenters. The lowest BCUT2D eigenvalue weighted by atomic mass is 9.93. The number of morpholine rings is 1. The summed E-state index contributed by atoms with van der Waals surface area (Å²) in [6.07, 6.45) is 8.55. The van der Waals surface area contributed by atoms with Gasteiger partial charge < -0.3 is 19.7 Å². The number of hydrogen-bond donors (Lipinski definition) is 1. The van der Waals surface area contributed by atoms with Crippen molar-refractivity contribution in [2.75, 3.05) is 51.4 Å². The Balaban J connectivity index is 1.18. The fraction of sp³-hybridized carbons (Fsp3) is 0.382. The quantitative estimate of drug-likeness (QED) is 0.325. The van der Waals surface area contributed by atoms with Crippen molar-refractivity contribution < 1.29 is 14.3 Å². The number of nitrogens with zero attached hydrogens (tertiary/aromatic N) is 4. The zero-order chi connectivity index (χ0) is 28.7. The molecule has 4 aromatic rings. The van der Waals surface area contributed by atoms with Crippen LogP contribution in [-0.4, -0.2) is 73.3 Å². The number of carbonyl (C=O) groups excluding carboxylic acids is 1. The van der Waals surface area contributed by atoms with Gasteiger partial charge in [0.05, 0.1) is 36.2 Å². The number of nitrogens with one attached hydrogen (secondary N) is 1. The molecule has 1 N–H and O–H groups in total. The number of aromatic nitrogens is 2. The molecular weight excluding hydrogens is 526 g/mol. The van der Waals surface area contributed by atoms with Crippen molar-refractivity contribution in [3.63, 3.8) is 0 Å². The molecule has 8 nitrogen and oxygen atoms in total. The minimum atomic E-state index is -0.443. The Morgan fingerprint density at radius 2 is 1.93 bits per heavy atom. The van der Waals surface area contributed by atoms with E-state index in [-0.39, 0.29) is 5.91 Å². The molecule has 8 heteroatoms. The molecule has 0 bridgehead atoms. The van der Waals surface area contributed by atoms with Crippen LogP contribution in [0.25, 0.3) is 22.0 Å². The Kier molecular flexibility index (Phi) is 7.04. The molecule has 2 aromatic heterocycles. The van der Waals surface area contributed by atoms with Gasteiger partial charge in [0.1, 0.15) is 12.4 Å². The number of ether oxygens (including phenoxy) is 2. The number of aryl methyl sites for hydroxylation is 1. The van der Waals surface area contributed by atoms with Crippen LogP contribution in [0.2, 0.25) is 0 Å². The Hall–Kier alpha value is -4.01. The first-order valence-corrected chi connectivity index (χ1v) is 14.9. The van der Waals surface area contributed by atoms with E-state index in [4.69, 9.17) is 14.5 Å². The molecular formula is C34H37N5O3. The van der Waals surface area contributed by atoms with Crippen molar-refractivity contribution in [2.45, 2.75) is 37.8 Å². The van der Waals surface area contributed by atoms with Gasteiger partial charge in [0, 0.05) is 48.0 Å². The van der Waals surface area contributed by atoms with Gasteiger partial charge in [-0.1, -0.05) is 12.1 Å². The van der Waals surface area contributed by atoms with E-state index in [1.54, 1.807) is 0 Å². The highest BCUT2D eigenvalue weighted by Gasteiger charge is 2.47. The zero-order valence-electron chi connectivity index (χ0n) is 24.3. The molecule has 0 unspecified atom stereocenters. The maximum absolute atomic E-state index is 13.8. The van der Waals surface area contributed by atoms with Gasteiger partial charge in [0.2, 0.25) is 0 Å². The highest BCUT2D eigenvalue weighted by Crippen LogP contribution is 2.49. The van der Waals surface area contributed by atoms with Gasteiger partial charge in [0.15, 0.2) is 0 Å². The van der Waals surface area contributed by atoms with E-state index in [9.17, 15) is 4.79 Å². The van der Waals surface area contributed by atoms with Crippen LogP contribution >= 0.6 is 0 Å². The van der Waals surface area contributed by atoms with E-state index in [2.05, 4.69) is 51.4 Å². The number of rotatable bonds is 8. The summed E-state index contributed by atoms with van der Waals surface area (Å²) >= 11 is 0. The number of carbonyl (C=O) groups is 1. The van der Waals surface area contributed by atoms with Crippen LogP contribution in [0.1, 0.15) is 40.7 Å². The topological polar surface area (TPSA) is 79.8 Å². The number of likely N-dealkylation sites (tertiary alicyclic amines) is 1. The molecule has 0 spiro atoms. The van der Waals surface area contributed by atoms with Crippen LogP contribution < -0.4 is 15.0 Å². The van der Waals surface area contributed by atoms with Gasteiger partial charge >= 0.3 is 0 Å². The maximum Gasteiger partial charge on any atom is 0.252 e. The van der Waals surface area contributed by atoms with E-state index in [0.29, 0.717) is 18.2 Å². The summed E-state index contributed by atoms with van der Waals surface area (Å²) in [5.41, 5.74) is 6.33. The molecule has 3 fully saturated rings. The first kappa shape index (κ1) is 26.9. The number of pyridine rings is 2. The van der Waals surface area contributed by atoms with Gasteiger partial charge in [-0.15, -0.1) is 0 Å². The Bertz CT molecular complexity index is 1630. The predicted molar refractivity (Wildman–Crippen MR) is 164 cm³/mol. The SMILES string of the molecule is Cc1ccc(OC[C@@H]2CCN2C)cc1C(=O)NC1(c2cc(-c3cncc(N4CCOCC4)c3)cc3ncccc23)CC1. The molecule has 2 aromatic carbocycles. The second kappa shape index (κ2) is 11.0. The minimum Gasteiger partial charge on any atom is -0.492 e. The molecule has 1 aliphatic carbocycles. The third kappa shape index (κ3) is 5.21. The highest BCUT2D eigenvalue weighted by molar-refractivity contribution is 5.98. The molecule has 42 heavy (non-hydrogen) atoms. The average molecular weight is 564 g/mol. The van der Waals surface area contributed by atoms with Crippen molar-refractivity contribution >= 4 is 22.5 Å². The first-order chi connectivity index (χ1) is 20.5. The second-order valence-corrected chi connectivity index (χ2v) is 11.9. The molecule has 0 radical (unpaired) electrons. The molecule has 1 amide bonds. The predicted octanol–water partition coefficient (Wildman–Crippen LogP) is 4.94. The van der Waals surface area contributed by atoms with E-state index in [1.807, 2.05) is 49.8 Å². The summed E-state index contributed by atoms with van der Waals surface area (Å²) < 4.78 is 11.6. The Morgan fingerprint density at radius 3 is 2.69 bits per heavy atom. The van der Waals surface area contributed by atoms with Gasteiger partial charge in [0.25, 0.3) is 5.91 Å². The lowest BCUT2D eigenvalue weighted by Crippen LogP contribution is -2.48. The van der Waals surface area contributed by atoms with Crippen molar-refractivity contribution in [2.24, 2.45) is 0 Å². The normalized spacial score (nSPS) is 19.8. The van der Waals surface area contributed by atoms with Gasteiger partial charge in [-0.05, 0) is 92.9 Å². The minimum absolute atomic E-state index is 0.0744. The van der Waals surface area contributed by atoms with E-state index in [0.717, 1.165) is 96.7 Å². The largest absolute Gasteiger partial charge is 0.492 e. The summed E-state index contributed by atoms with van der Waals surface area (Å²) in [7, 11) is 2.12. The second-order valence-electron chi connectivity index (χ2n) is 11.9. The summed E-state index contributed by atoms with van der Waals surface area (Å²) in [5.74, 6) is 0.662. The van der Waals surface area contributed by atoms with E-state index < -0.39 is 5.54 Å². The van der Waals surface area contributed by atoms with Crippen molar-refractivity contribution in [1.29, 1.82) is 0 Å². The number of amides is 1. The Morgan fingerprint density at radius 1 is 1.07 bits per heavy atom. The molecule has 216 valence electrons. The molecule has 1 saturated carbocycles. The van der Waals surface area contributed by atoms with Crippen LogP contribution in [0.15, 0.2) is 67.1 Å². The van der Waals surface area contributed by atoms with Gasteiger partial charge in [-0.2, -0.15) is 0 Å². The van der Waals surface area contributed by atoms with Gasteiger partial charge in [-0.25, -0.2) is 0 Å². The third-order valence-electron chi connectivity index (χ3n) is 9.11. The standard InChI is InChI=1S/C34H37N5O3/c1-23-5-6-28(42-22-26-7-11-38(26)2)19-30(23)33(40)37-34(8-9-34)31-17-24(18-32-29(31)4-3-10-36-32)25-16-27(21-35-20-25)39-12-14-41-15-13-39/h3-6,10,16-21,26H,7-9,11-15,22H2,1-2H3,(H,37,40)/t26-/m0/s1. The maximum atomic E-state index is 13.8. The summed E-state index contributed by atoms with van der Waals surface area (Å²) in [6, 6.07) is 16.9. The van der Waals surface area contributed by atoms with E-state index in [1.165, 1.54) is 0 Å². The lowest BCUT2D eigenvalue weighted by molar-refractivity contribution is 0.0767. The number of likely N-dealkylation sites (N-methyl/N-ethyl adjacent to an activating group) is 1. The third-order valence-corrected chi connectivity index (χ3v) is 9.11. The zero-order valence-corrected chi connectivity index (χ0v) is 24.3. The fourth-order valence-corrected chi connectivity index (χ4v) is 6.10. The van der Waals surface area contributed by atoms with Gasteiger partial charge in [-0.3, -0.25) is 19.7 Å². The number of fused-ring (bicyclic) bond motifs is 1. The highest BCUT2D eigenvalue weighted by atomic mass is 16.5. The van der Waals surface area contributed by atoms with Crippen LogP contribution in [0.4, 0.5) is 5.69 Å². The van der Waals surface area contributed by atoms with Crippen molar-refractivity contribution in [3.05, 3.63) is 83.8 Å². The fourth-order valence-electron chi connectivity index (χ4n) is 6.10. The smallest absolute Gasteiger partial charge is 0.252 e. The molecule has 7 rings (SSSR count). The summed E-state index contributed by atoms with van der Waals surface area (Å²) in [5, 5.41) is 4.49. The number of anilines is 1. The molecule has 4 heterocycles. The monoisotopic (exact) mass is 563 g/mol. The summed E-state index contributed by atoms with van der Waals surface area (Å²) in [6.45, 7) is 6.89. The Labute approximate surface area is 246 Å². The number of benzene rings is 2. The molecule has 2 saturated heterocycles. The van der Waals surface area contributed by atoms with Crippen LogP contribution in [0.5, 0.6) is 5.75 Å².